The van der Waals surface area contributed by atoms with Crippen LogP contribution in [0.25, 0.3) is 10.2 Å². The van der Waals surface area contributed by atoms with Gasteiger partial charge >= 0.3 is 0 Å². The first kappa shape index (κ1) is 14.3. The van der Waals surface area contributed by atoms with Gasteiger partial charge in [-0.3, -0.25) is 9.69 Å². The molecule has 0 aliphatic heterocycles. The lowest BCUT2D eigenvalue weighted by Crippen LogP contribution is -2.35. The van der Waals surface area contributed by atoms with Gasteiger partial charge in [0.05, 0.1) is 16.8 Å². The SMILES string of the molecule is CN(CC(=O)Nc1nc2ccc(N)cc2s1)CC1CCC1. The number of nitrogens with zero attached hydrogens (tertiary/aromatic N) is 2. The number of carbonyl (C=O) groups excluding carboxylic acids is 1. The first-order chi connectivity index (χ1) is 10.1. The van der Waals surface area contributed by atoms with E-state index in [1.165, 1.54) is 30.6 Å². The van der Waals surface area contributed by atoms with E-state index in [1.807, 2.05) is 25.2 Å². The highest BCUT2D eigenvalue weighted by Gasteiger charge is 2.20. The Kier molecular flexibility index (Phi) is 4.07. The molecular weight excluding hydrogens is 284 g/mol. The van der Waals surface area contributed by atoms with Gasteiger partial charge in [0.25, 0.3) is 0 Å². The summed E-state index contributed by atoms with van der Waals surface area (Å²) >= 11 is 1.45. The lowest BCUT2D eigenvalue weighted by atomic mass is 9.85. The average Bonchev–Trinajstić information content (AvgIpc) is 2.74. The molecule has 1 aliphatic rings. The highest BCUT2D eigenvalue weighted by molar-refractivity contribution is 7.22. The van der Waals surface area contributed by atoms with E-state index in [-0.39, 0.29) is 5.91 Å². The van der Waals surface area contributed by atoms with Crippen molar-refractivity contribution in [1.82, 2.24) is 9.88 Å². The molecule has 5 nitrogen and oxygen atoms in total. The third-order valence-corrected chi connectivity index (χ3v) is 4.80. The lowest BCUT2D eigenvalue weighted by molar-refractivity contribution is -0.117. The first-order valence-corrected chi connectivity index (χ1v) is 8.06. The van der Waals surface area contributed by atoms with E-state index in [9.17, 15) is 4.79 Å². The van der Waals surface area contributed by atoms with Crippen molar-refractivity contribution in [1.29, 1.82) is 0 Å². The maximum atomic E-state index is 12.0. The minimum absolute atomic E-state index is 0.0103. The van der Waals surface area contributed by atoms with E-state index in [0.717, 1.165) is 22.7 Å². The standard InChI is InChI=1S/C15H20N4OS/c1-19(8-10-3-2-4-10)9-14(20)18-15-17-12-6-5-11(16)7-13(12)21-15/h5-7,10H,2-4,8-9,16H2,1H3,(H,17,18,20). The van der Waals surface area contributed by atoms with Crippen LogP contribution in [-0.2, 0) is 4.79 Å². The van der Waals surface area contributed by atoms with Gasteiger partial charge in [-0.2, -0.15) is 0 Å². The molecule has 1 amide bonds. The van der Waals surface area contributed by atoms with Crippen molar-refractivity contribution < 1.29 is 4.79 Å². The highest BCUT2D eigenvalue weighted by atomic mass is 32.1. The summed E-state index contributed by atoms with van der Waals surface area (Å²) in [6.45, 7) is 1.42. The molecular formula is C15H20N4OS. The Morgan fingerprint density at radius 3 is 3.05 bits per heavy atom. The molecule has 1 aliphatic carbocycles. The molecule has 0 bridgehead atoms. The number of nitrogens with two attached hydrogens (primary N) is 1. The summed E-state index contributed by atoms with van der Waals surface area (Å²) in [6.07, 6.45) is 3.93. The van der Waals surface area contributed by atoms with Crippen LogP contribution in [0.15, 0.2) is 18.2 Å². The second-order valence-corrected chi connectivity index (χ2v) is 6.82. The Hall–Kier alpha value is -1.66. The van der Waals surface area contributed by atoms with Crippen LogP contribution in [0.2, 0.25) is 0 Å². The van der Waals surface area contributed by atoms with Crippen molar-refractivity contribution in [2.75, 3.05) is 31.2 Å². The number of benzene rings is 1. The van der Waals surface area contributed by atoms with Gasteiger partial charge in [0.2, 0.25) is 5.91 Å². The summed E-state index contributed by atoms with van der Waals surface area (Å²) in [5.41, 5.74) is 7.33. The zero-order chi connectivity index (χ0) is 14.8. The van der Waals surface area contributed by atoms with E-state index in [4.69, 9.17) is 5.73 Å². The van der Waals surface area contributed by atoms with E-state index >= 15 is 0 Å². The predicted molar refractivity (Wildman–Crippen MR) is 87.5 cm³/mol. The number of fused-ring (bicyclic) bond motifs is 1. The fourth-order valence-electron chi connectivity index (χ4n) is 2.58. The molecule has 1 saturated carbocycles. The minimum atomic E-state index is -0.0103. The van der Waals surface area contributed by atoms with Crippen molar-refractivity contribution in [3.05, 3.63) is 18.2 Å². The van der Waals surface area contributed by atoms with E-state index in [1.54, 1.807) is 0 Å². The molecule has 1 aromatic heterocycles. The fourth-order valence-corrected chi connectivity index (χ4v) is 3.51. The van der Waals surface area contributed by atoms with Crippen molar-refractivity contribution in [2.45, 2.75) is 19.3 Å². The number of nitrogens with one attached hydrogen (secondary N) is 1. The van der Waals surface area contributed by atoms with Crippen molar-refractivity contribution in [3.63, 3.8) is 0 Å². The zero-order valence-electron chi connectivity index (χ0n) is 12.1. The summed E-state index contributed by atoms with van der Waals surface area (Å²) in [7, 11) is 2.00. The maximum Gasteiger partial charge on any atom is 0.240 e. The van der Waals surface area contributed by atoms with Crippen LogP contribution in [0.1, 0.15) is 19.3 Å². The minimum Gasteiger partial charge on any atom is -0.399 e. The molecule has 3 N–H and O–H groups in total. The third kappa shape index (κ3) is 3.51. The second kappa shape index (κ2) is 5.99. The number of amides is 1. The summed E-state index contributed by atoms with van der Waals surface area (Å²) in [6, 6.07) is 5.57. The number of rotatable bonds is 5. The molecule has 3 rings (SSSR count). The molecule has 0 atom stereocenters. The quantitative estimate of drug-likeness (QED) is 0.833. The number of anilines is 2. The van der Waals surface area contributed by atoms with Crippen LogP contribution < -0.4 is 11.1 Å². The molecule has 1 aromatic carbocycles. The van der Waals surface area contributed by atoms with Gasteiger partial charge < -0.3 is 11.1 Å². The number of hydrogen-bond acceptors (Lipinski definition) is 5. The van der Waals surface area contributed by atoms with Gasteiger partial charge in [-0.05, 0) is 44.0 Å². The van der Waals surface area contributed by atoms with Crippen molar-refractivity contribution >= 4 is 38.3 Å². The summed E-state index contributed by atoms with van der Waals surface area (Å²) in [5.74, 6) is 0.761. The fraction of sp³-hybridized carbons (Fsp3) is 0.467. The molecule has 21 heavy (non-hydrogen) atoms. The molecule has 0 saturated heterocycles. The number of nitrogen functional groups attached to an aromatic ring is 1. The van der Waals surface area contributed by atoms with Crippen LogP contribution in [0.3, 0.4) is 0 Å². The summed E-state index contributed by atoms with van der Waals surface area (Å²) in [5, 5.41) is 3.51. The number of hydrogen-bond donors (Lipinski definition) is 2. The van der Waals surface area contributed by atoms with Gasteiger partial charge in [-0.25, -0.2) is 4.98 Å². The van der Waals surface area contributed by atoms with Crippen LogP contribution in [0, 0.1) is 5.92 Å². The number of thiazole rings is 1. The number of likely N-dealkylation sites (N-methyl/N-ethyl adjacent to an activating group) is 1. The lowest BCUT2D eigenvalue weighted by Gasteiger charge is -2.29. The van der Waals surface area contributed by atoms with Gasteiger partial charge in [0.1, 0.15) is 0 Å². The van der Waals surface area contributed by atoms with Crippen LogP contribution in [-0.4, -0.2) is 35.9 Å². The monoisotopic (exact) mass is 304 g/mol. The normalized spacial score (nSPS) is 15.3. The number of aromatic nitrogens is 1. The molecule has 0 radical (unpaired) electrons. The Morgan fingerprint density at radius 1 is 1.52 bits per heavy atom. The second-order valence-electron chi connectivity index (χ2n) is 5.79. The molecule has 6 heteroatoms. The van der Waals surface area contributed by atoms with Crippen LogP contribution >= 0.6 is 11.3 Å². The van der Waals surface area contributed by atoms with E-state index in [2.05, 4.69) is 15.2 Å². The van der Waals surface area contributed by atoms with Crippen LogP contribution in [0.5, 0.6) is 0 Å². The Morgan fingerprint density at radius 2 is 2.33 bits per heavy atom. The van der Waals surface area contributed by atoms with Gasteiger partial charge in [0, 0.05) is 12.2 Å². The summed E-state index contributed by atoms with van der Waals surface area (Å²) < 4.78 is 0.994. The van der Waals surface area contributed by atoms with Gasteiger partial charge in [0.15, 0.2) is 5.13 Å². The van der Waals surface area contributed by atoms with Gasteiger partial charge in [-0.15, -0.1) is 0 Å². The topological polar surface area (TPSA) is 71.2 Å². The third-order valence-electron chi connectivity index (χ3n) is 3.87. The highest BCUT2D eigenvalue weighted by Crippen LogP contribution is 2.28. The van der Waals surface area contributed by atoms with Crippen LogP contribution in [0.4, 0.5) is 10.8 Å². The van der Waals surface area contributed by atoms with Gasteiger partial charge in [-0.1, -0.05) is 17.8 Å². The smallest absolute Gasteiger partial charge is 0.240 e. The molecule has 112 valence electrons. The first-order valence-electron chi connectivity index (χ1n) is 7.24. The summed E-state index contributed by atoms with van der Waals surface area (Å²) in [4.78, 5) is 18.5. The Bertz CT molecular complexity index is 650. The predicted octanol–water partition coefficient (Wildman–Crippen LogP) is 2.55. The molecule has 1 heterocycles. The van der Waals surface area contributed by atoms with Crippen molar-refractivity contribution in [3.8, 4) is 0 Å². The Balaban J connectivity index is 1.57. The zero-order valence-corrected chi connectivity index (χ0v) is 12.9. The van der Waals surface area contributed by atoms with Crippen molar-refractivity contribution in [2.24, 2.45) is 5.92 Å². The molecule has 1 fully saturated rings. The van der Waals surface area contributed by atoms with E-state index in [0.29, 0.717) is 17.4 Å². The molecule has 0 unspecified atom stereocenters. The molecule has 0 spiro atoms. The Labute approximate surface area is 128 Å². The maximum absolute atomic E-state index is 12.0. The van der Waals surface area contributed by atoms with E-state index < -0.39 is 0 Å². The molecule has 2 aromatic rings. The number of carbonyl (C=O) groups is 1. The average molecular weight is 304 g/mol. The largest absolute Gasteiger partial charge is 0.399 e.